The van der Waals surface area contributed by atoms with Crippen LogP contribution in [0, 0.1) is 5.92 Å². The number of aromatic carboxylic acids is 1. The fraction of sp³-hybridized carbons (Fsp3) is 0.500. The van der Waals surface area contributed by atoms with Gasteiger partial charge >= 0.3 is 5.97 Å². The number of nitrogens with one attached hydrogen (secondary N) is 1. The zero-order valence-corrected chi connectivity index (χ0v) is 12.4. The van der Waals surface area contributed by atoms with Crippen molar-refractivity contribution in [2.24, 2.45) is 5.92 Å². The Morgan fingerprint density at radius 1 is 1.45 bits per heavy atom. The second-order valence-corrected chi connectivity index (χ2v) is 5.56. The second kappa shape index (κ2) is 6.99. The van der Waals surface area contributed by atoms with Crippen LogP contribution in [0.4, 0.5) is 0 Å². The van der Waals surface area contributed by atoms with Crippen LogP contribution in [0.1, 0.15) is 34.1 Å². The molecule has 1 aromatic rings. The van der Waals surface area contributed by atoms with Gasteiger partial charge in [0.1, 0.15) is 0 Å². The first kappa shape index (κ1) is 16.1. The van der Waals surface area contributed by atoms with Crippen LogP contribution in [-0.4, -0.2) is 52.9 Å². The third-order valence-electron chi connectivity index (χ3n) is 2.34. The van der Waals surface area contributed by atoms with Crippen molar-refractivity contribution < 1.29 is 19.5 Å². The predicted octanol–water partition coefficient (Wildman–Crippen LogP) is 0.685. The summed E-state index contributed by atoms with van der Waals surface area (Å²) >= 11 is 0.945. The Morgan fingerprint density at radius 3 is 2.60 bits per heavy atom. The number of carbonyl (C=O) groups is 3. The molecular formula is C12H17N3O4S. The SMILES string of the molecule is CC(C)CNC(=O)CN(C)C(=O)c1nc(C(=O)O)cs1. The van der Waals surface area contributed by atoms with E-state index in [4.69, 9.17) is 5.11 Å². The summed E-state index contributed by atoms with van der Waals surface area (Å²) in [5, 5.41) is 12.8. The van der Waals surface area contributed by atoms with Crippen molar-refractivity contribution in [1.82, 2.24) is 15.2 Å². The fourth-order valence-electron chi connectivity index (χ4n) is 1.29. The molecule has 20 heavy (non-hydrogen) atoms. The molecule has 2 N–H and O–H groups in total. The van der Waals surface area contributed by atoms with Crippen molar-refractivity contribution in [2.45, 2.75) is 13.8 Å². The number of nitrogens with zero attached hydrogens (tertiary/aromatic N) is 2. The highest BCUT2D eigenvalue weighted by Gasteiger charge is 2.19. The zero-order chi connectivity index (χ0) is 15.3. The lowest BCUT2D eigenvalue weighted by molar-refractivity contribution is -0.121. The number of hydrogen-bond acceptors (Lipinski definition) is 5. The Kier molecular flexibility index (Phi) is 5.63. The Hall–Kier alpha value is -1.96. The van der Waals surface area contributed by atoms with Crippen molar-refractivity contribution in [3.05, 3.63) is 16.1 Å². The number of amides is 2. The van der Waals surface area contributed by atoms with Crippen LogP contribution >= 0.6 is 11.3 Å². The van der Waals surface area contributed by atoms with Crippen LogP contribution in [0.2, 0.25) is 0 Å². The fourth-order valence-corrected chi connectivity index (χ4v) is 2.08. The first-order valence-electron chi connectivity index (χ1n) is 6.02. The van der Waals surface area contributed by atoms with Crippen LogP contribution in [0.15, 0.2) is 5.38 Å². The molecule has 0 radical (unpaired) electrons. The topological polar surface area (TPSA) is 99.6 Å². The number of hydrogen-bond donors (Lipinski definition) is 2. The summed E-state index contributed by atoms with van der Waals surface area (Å²) in [7, 11) is 1.47. The number of carboxylic acid groups (broad SMARTS) is 1. The summed E-state index contributed by atoms with van der Waals surface area (Å²) in [6, 6.07) is 0. The lowest BCUT2D eigenvalue weighted by Gasteiger charge is -2.15. The summed E-state index contributed by atoms with van der Waals surface area (Å²) in [5.74, 6) is -1.58. The van der Waals surface area contributed by atoms with Gasteiger partial charge in [-0.2, -0.15) is 0 Å². The Morgan fingerprint density at radius 2 is 2.10 bits per heavy atom. The van der Waals surface area contributed by atoms with Gasteiger partial charge in [0, 0.05) is 19.0 Å². The van der Waals surface area contributed by atoms with Gasteiger partial charge in [-0.15, -0.1) is 11.3 Å². The normalized spacial score (nSPS) is 10.4. The molecule has 110 valence electrons. The lowest BCUT2D eigenvalue weighted by atomic mass is 10.2. The number of likely N-dealkylation sites (N-methyl/N-ethyl adjacent to an activating group) is 1. The van der Waals surface area contributed by atoms with Gasteiger partial charge in [-0.3, -0.25) is 9.59 Å². The second-order valence-electron chi connectivity index (χ2n) is 4.70. The molecule has 1 heterocycles. The van der Waals surface area contributed by atoms with E-state index in [1.165, 1.54) is 17.3 Å². The van der Waals surface area contributed by atoms with Crippen molar-refractivity contribution in [1.29, 1.82) is 0 Å². The molecular weight excluding hydrogens is 282 g/mol. The molecule has 1 rings (SSSR count). The highest BCUT2D eigenvalue weighted by Crippen LogP contribution is 2.11. The average Bonchev–Trinajstić information content (AvgIpc) is 2.85. The maximum absolute atomic E-state index is 12.0. The molecule has 0 saturated carbocycles. The molecule has 0 aliphatic heterocycles. The van der Waals surface area contributed by atoms with E-state index in [2.05, 4.69) is 10.3 Å². The first-order valence-corrected chi connectivity index (χ1v) is 6.90. The number of aromatic nitrogens is 1. The molecule has 0 aromatic carbocycles. The van der Waals surface area contributed by atoms with Gasteiger partial charge < -0.3 is 15.3 Å². The molecule has 7 nitrogen and oxygen atoms in total. The zero-order valence-electron chi connectivity index (χ0n) is 11.5. The van der Waals surface area contributed by atoms with Crippen molar-refractivity contribution in [3.63, 3.8) is 0 Å². The first-order chi connectivity index (χ1) is 9.31. The Labute approximate surface area is 120 Å². The van der Waals surface area contributed by atoms with E-state index in [1.54, 1.807) is 0 Å². The minimum atomic E-state index is -1.18. The molecule has 0 spiro atoms. The summed E-state index contributed by atoms with van der Waals surface area (Å²) in [6.07, 6.45) is 0. The molecule has 0 aliphatic carbocycles. The maximum atomic E-state index is 12.0. The van der Waals surface area contributed by atoms with Gasteiger partial charge in [-0.1, -0.05) is 13.8 Å². The third kappa shape index (κ3) is 4.61. The van der Waals surface area contributed by atoms with Gasteiger partial charge in [0.2, 0.25) is 5.91 Å². The molecule has 0 saturated heterocycles. The highest BCUT2D eigenvalue weighted by molar-refractivity contribution is 7.11. The molecule has 2 amide bonds. The minimum Gasteiger partial charge on any atom is -0.476 e. The van der Waals surface area contributed by atoms with Gasteiger partial charge in [0.15, 0.2) is 10.7 Å². The van der Waals surface area contributed by atoms with Crippen LogP contribution in [0.3, 0.4) is 0 Å². The van der Waals surface area contributed by atoms with Gasteiger partial charge in [0.25, 0.3) is 5.91 Å². The predicted molar refractivity (Wildman–Crippen MR) is 73.9 cm³/mol. The quantitative estimate of drug-likeness (QED) is 0.805. The van der Waals surface area contributed by atoms with Gasteiger partial charge in [0.05, 0.1) is 6.54 Å². The van der Waals surface area contributed by atoms with Crippen LogP contribution < -0.4 is 5.32 Å². The van der Waals surface area contributed by atoms with E-state index in [0.717, 1.165) is 11.3 Å². The lowest BCUT2D eigenvalue weighted by Crippen LogP contribution is -2.39. The summed E-state index contributed by atoms with van der Waals surface area (Å²) in [6.45, 7) is 4.39. The average molecular weight is 299 g/mol. The van der Waals surface area contributed by atoms with Crippen molar-refractivity contribution in [2.75, 3.05) is 20.1 Å². The summed E-state index contributed by atoms with van der Waals surface area (Å²) in [5.41, 5.74) is -0.170. The highest BCUT2D eigenvalue weighted by atomic mass is 32.1. The van der Waals surface area contributed by atoms with E-state index in [9.17, 15) is 14.4 Å². The van der Waals surface area contributed by atoms with Crippen molar-refractivity contribution in [3.8, 4) is 0 Å². The van der Waals surface area contributed by atoms with Crippen molar-refractivity contribution >= 4 is 29.1 Å². The molecule has 0 aliphatic rings. The maximum Gasteiger partial charge on any atom is 0.355 e. The van der Waals surface area contributed by atoms with Crippen LogP contribution in [0.25, 0.3) is 0 Å². The van der Waals surface area contributed by atoms with E-state index in [0.29, 0.717) is 12.5 Å². The molecule has 0 unspecified atom stereocenters. The Bertz CT molecular complexity index is 513. The van der Waals surface area contributed by atoms with E-state index < -0.39 is 11.9 Å². The summed E-state index contributed by atoms with van der Waals surface area (Å²) in [4.78, 5) is 39.2. The van der Waals surface area contributed by atoms with E-state index in [-0.39, 0.29) is 23.2 Å². The monoisotopic (exact) mass is 299 g/mol. The van der Waals surface area contributed by atoms with E-state index >= 15 is 0 Å². The summed E-state index contributed by atoms with van der Waals surface area (Å²) < 4.78 is 0. The number of carboxylic acids is 1. The molecule has 8 heteroatoms. The third-order valence-corrected chi connectivity index (χ3v) is 3.17. The molecule has 0 atom stereocenters. The largest absolute Gasteiger partial charge is 0.476 e. The standard InChI is InChI=1S/C12H17N3O4S/c1-7(2)4-13-9(16)5-15(3)11(17)10-14-8(6-20-10)12(18)19/h6-7H,4-5H2,1-3H3,(H,13,16)(H,18,19). The van der Waals surface area contributed by atoms with E-state index in [1.807, 2.05) is 13.8 Å². The smallest absolute Gasteiger partial charge is 0.355 e. The minimum absolute atomic E-state index is 0.0570. The molecule has 0 bridgehead atoms. The number of thiazole rings is 1. The molecule has 0 fully saturated rings. The molecule has 1 aromatic heterocycles. The van der Waals surface area contributed by atoms with Crippen LogP contribution in [-0.2, 0) is 4.79 Å². The Balaban J connectivity index is 2.57. The number of rotatable bonds is 6. The van der Waals surface area contributed by atoms with Gasteiger partial charge in [-0.25, -0.2) is 9.78 Å². The van der Waals surface area contributed by atoms with Crippen LogP contribution in [0.5, 0.6) is 0 Å². The van der Waals surface area contributed by atoms with Gasteiger partial charge in [-0.05, 0) is 5.92 Å². The number of carbonyl (C=O) groups excluding carboxylic acids is 2.